The Kier molecular flexibility index (Phi) is 10.0. The van der Waals surface area contributed by atoms with Crippen molar-refractivity contribution < 1.29 is 24.0 Å². The maximum absolute atomic E-state index is 13.5. The summed E-state index contributed by atoms with van der Waals surface area (Å²) in [6, 6.07) is 18.8. The van der Waals surface area contributed by atoms with Gasteiger partial charge in [0.1, 0.15) is 0 Å². The van der Waals surface area contributed by atoms with Gasteiger partial charge in [0.2, 0.25) is 17.6 Å². The van der Waals surface area contributed by atoms with Crippen molar-refractivity contribution in [2.45, 2.75) is 51.2 Å². The Hall–Kier alpha value is -3.56. The molecule has 1 fully saturated rings. The largest absolute Gasteiger partial charge is 0.381 e. The summed E-state index contributed by atoms with van der Waals surface area (Å²) >= 11 is 0. The topological polar surface area (TPSA) is 118 Å². The van der Waals surface area contributed by atoms with Gasteiger partial charge in [-0.05, 0) is 31.2 Å². The van der Waals surface area contributed by atoms with E-state index >= 15 is 0 Å². The van der Waals surface area contributed by atoms with Crippen molar-refractivity contribution >= 4 is 11.8 Å². The molecule has 4 rings (SSSR count). The highest BCUT2D eigenvalue weighted by Crippen LogP contribution is 2.23. The van der Waals surface area contributed by atoms with E-state index < -0.39 is 18.1 Å². The van der Waals surface area contributed by atoms with Gasteiger partial charge in [0.15, 0.2) is 6.10 Å². The summed E-state index contributed by atoms with van der Waals surface area (Å²) in [6.07, 6.45) is 1.54. The molecule has 1 aromatic heterocycles. The first-order chi connectivity index (χ1) is 18.5. The van der Waals surface area contributed by atoms with Crippen LogP contribution in [0.25, 0.3) is 11.4 Å². The van der Waals surface area contributed by atoms with Crippen molar-refractivity contribution in [1.29, 1.82) is 0 Å². The smallest absolute Gasteiger partial charge is 0.257 e. The number of carbonyl (C=O) groups excluding carboxylic acids is 2. The van der Waals surface area contributed by atoms with Crippen LogP contribution in [0.5, 0.6) is 0 Å². The SMILES string of the molecule is CCC(NC(=O)C(CCCc1ccccc1)CC(=O)N1CCOCC1)C(O)c1nc(-c2ccccc2)no1. The molecule has 2 heterocycles. The Morgan fingerprint density at radius 2 is 1.74 bits per heavy atom. The molecule has 3 unspecified atom stereocenters. The number of aliphatic hydroxyl groups is 1. The van der Waals surface area contributed by atoms with E-state index in [1.54, 1.807) is 4.90 Å². The van der Waals surface area contributed by atoms with E-state index in [0.717, 1.165) is 18.4 Å². The minimum Gasteiger partial charge on any atom is -0.381 e. The van der Waals surface area contributed by atoms with E-state index in [2.05, 4.69) is 27.6 Å². The van der Waals surface area contributed by atoms with E-state index in [1.165, 1.54) is 5.56 Å². The van der Waals surface area contributed by atoms with E-state index in [4.69, 9.17) is 9.26 Å². The number of ether oxygens (including phenoxy) is 1. The minimum absolute atomic E-state index is 0.0426. The zero-order valence-electron chi connectivity index (χ0n) is 21.8. The Morgan fingerprint density at radius 1 is 1.05 bits per heavy atom. The summed E-state index contributed by atoms with van der Waals surface area (Å²) < 4.78 is 10.7. The van der Waals surface area contributed by atoms with Crippen LogP contribution < -0.4 is 5.32 Å². The predicted octanol–water partition coefficient (Wildman–Crippen LogP) is 3.55. The molecule has 9 nitrogen and oxygen atoms in total. The lowest BCUT2D eigenvalue weighted by Gasteiger charge is -2.29. The monoisotopic (exact) mass is 520 g/mol. The van der Waals surface area contributed by atoms with Crippen molar-refractivity contribution in [3.63, 3.8) is 0 Å². The lowest BCUT2D eigenvalue weighted by molar-refractivity contribution is -0.140. The Bertz CT molecular complexity index is 1150. The van der Waals surface area contributed by atoms with Gasteiger partial charge in [0.05, 0.1) is 19.3 Å². The van der Waals surface area contributed by atoms with E-state index in [0.29, 0.717) is 45.0 Å². The van der Waals surface area contributed by atoms with Crippen molar-refractivity contribution in [2.24, 2.45) is 5.92 Å². The van der Waals surface area contributed by atoms with E-state index in [-0.39, 0.29) is 24.1 Å². The third kappa shape index (κ3) is 7.49. The van der Waals surface area contributed by atoms with Crippen molar-refractivity contribution in [3.8, 4) is 11.4 Å². The summed E-state index contributed by atoms with van der Waals surface area (Å²) in [5.74, 6) is -0.408. The van der Waals surface area contributed by atoms with E-state index in [1.807, 2.05) is 55.5 Å². The van der Waals surface area contributed by atoms with Gasteiger partial charge in [-0.25, -0.2) is 0 Å². The number of aliphatic hydroxyl groups excluding tert-OH is 1. The molecule has 3 atom stereocenters. The highest BCUT2D eigenvalue weighted by atomic mass is 16.5. The molecule has 1 saturated heterocycles. The van der Waals surface area contributed by atoms with Gasteiger partial charge in [-0.2, -0.15) is 4.98 Å². The molecule has 1 aliphatic heterocycles. The second-order valence-corrected chi connectivity index (χ2v) is 9.56. The second kappa shape index (κ2) is 13.8. The Balaban J connectivity index is 1.41. The van der Waals surface area contributed by atoms with Gasteiger partial charge in [0, 0.05) is 31.0 Å². The normalized spacial score (nSPS) is 16.0. The van der Waals surface area contributed by atoms with E-state index in [9.17, 15) is 14.7 Å². The molecule has 2 aromatic carbocycles. The number of amides is 2. The number of rotatable bonds is 12. The molecule has 1 aliphatic rings. The average molecular weight is 521 g/mol. The fourth-order valence-corrected chi connectivity index (χ4v) is 4.61. The maximum atomic E-state index is 13.5. The fraction of sp³-hybridized carbons (Fsp3) is 0.448. The zero-order chi connectivity index (χ0) is 26.7. The zero-order valence-corrected chi connectivity index (χ0v) is 21.8. The quantitative estimate of drug-likeness (QED) is 0.375. The van der Waals surface area contributed by atoms with Crippen LogP contribution in [0.3, 0.4) is 0 Å². The molecule has 2 amide bonds. The van der Waals surface area contributed by atoms with Gasteiger partial charge >= 0.3 is 0 Å². The van der Waals surface area contributed by atoms with Gasteiger partial charge < -0.3 is 24.6 Å². The molecule has 0 saturated carbocycles. The van der Waals surface area contributed by atoms with Crippen LogP contribution in [-0.2, 0) is 20.7 Å². The van der Waals surface area contributed by atoms with Crippen LogP contribution >= 0.6 is 0 Å². The molecule has 38 heavy (non-hydrogen) atoms. The Morgan fingerprint density at radius 3 is 2.42 bits per heavy atom. The number of aryl methyl sites for hydroxylation is 1. The van der Waals surface area contributed by atoms with Crippen LogP contribution in [-0.4, -0.2) is 64.3 Å². The first-order valence-corrected chi connectivity index (χ1v) is 13.3. The first kappa shape index (κ1) is 27.5. The number of morpholine rings is 1. The lowest BCUT2D eigenvalue weighted by atomic mass is 9.94. The number of hydrogen-bond acceptors (Lipinski definition) is 7. The highest BCUT2D eigenvalue weighted by Gasteiger charge is 2.31. The van der Waals surface area contributed by atoms with Gasteiger partial charge in [-0.1, -0.05) is 72.7 Å². The summed E-state index contributed by atoms with van der Waals surface area (Å²) in [5.41, 5.74) is 1.96. The summed E-state index contributed by atoms with van der Waals surface area (Å²) in [5, 5.41) is 17.9. The molecule has 2 N–H and O–H groups in total. The average Bonchev–Trinajstić information content (AvgIpc) is 3.47. The maximum Gasteiger partial charge on any atom is 0.257 e. The van der Waals surface area contributed by atoms with Gasteiger partial charge in [-0.15, -0.1) is 0 Å². The highest BCUT2D eigenvalue weighted by molar-refractivity contribution is 5.86. The van der Waals surface area contributed by atoms with Crippen molar-refractivity contribution in [2.75, 3.05) is 26.3 Å². The molecule has 0 spiro atoms. The number of hydrogen-bond donors (Lipinski definition) is 2. The lowest BCUT2D eigenvalue weighted by Crippen LogP contribution is -2.45. The van der Waals surface area contributed by atoms with Crippen molar-refractivity contribution in [3.05, 3.63) is 72.1 Å². The van der Waals surface area contributed by atoms with Gasteiger partial charge in [-0.3, -0.25) is 9.59 Å². The Labute approximate surface area is 223 Å². The summed E-state index contributed by atoms with van der Waals surface area (Å²) in [7, 11) is 0. The number of carbonyl (C=O) groups is 2. The third-order valence-corrected chi connectivity index (χ3v) is 6.89. The molecule has 0 radical (unpaired) electrons. The third-order valence-electron chi connectivity index (χ3n) is 6.89. The molecule has 3 aromatic rings. The molecule has 9 heteroatoms. The van der Waals surface area contributed by atoms with Crippen LogP contribution in [0.2, 0.25) is 0 Å². The predicted molar refractivity (Wildman–Crippen MR) is 142 cm³/mol. The minimum atomic E-state index is -1.17. The second-order valence-electron chi connectivity index (χ2n) is 9.56. The summed E-state index contributed by atoms with van der Waals surface area (Å²) in [4.78, 5) is 32.6. The molecule has 0 bridgehead atoms. The van der Waals surface area contributed by atoms with Crippen LogP contribution in [0.4, 0.5) is 0 Å². The van der Waals surface area contributed by atoms with Crippen LogP contribution in [0.15, 0.2) is 65.2 Å². The number of nitrogens with zero attached hydrogens (tertiary/aromatic N) is 3. The molecular weight excluding hydrogens is 484 g/mol. The number of nitrogens with one attached hydrogen (secondary N) is 1. The molecule has 0 aliphatic carbocycles. The van der Waals surface area contributed by atoms with Crippen LogP contribution in [0.1, 0.15) is 50.2 Å². The van der Waals surface area contributed by atoms with Crippen molar-refractivity contribution in [1.82, 2.24) is 20.4 Å². The van der Waals surface area contributed by atoms with Gasteiger partial charge in [0.25, 0.3) is 5.89 Å². The number of aromatic nitrogens is 2. The standard InChI is InChI=1S/C29H36N4O5/c1-2-24(26(35)29-31-27(32-38-29)22-13-7-4-8-14-22)30-28(36)23(15-9-12-21-10-5-3-6-11-21)20-25(34)33-16-18-37-19-17-33/h3-8,10-11,13-14,23-24,26,35H,2,9,12,15-20H2,1H3,(H,30,36). The summed E-state index contributed by atoms with van der Waals surface area (Å²) in [6.45, 7) is 3.96. The van der Waals surface area contributed by atoms with Crippen LogP contribution in [0, 0.1) is 5.92 Å². The molecular formula is C29H36N4O5. The fourth-order valence-electron chi connectivity index (χ4n) is 4.61. The molecule has 202 valence electrons. The first-order valence-electron chi connectivity index (χ1n) is 13.3. The number of benzene rings is 2.